The summed E-state index contributed by atoms with van der Waals surface area (Å²) in [6, 6.07) is 8.02. The van der Waals surface area contributed by atoms with Crippen molar-refractivity contribution in [3.8, 4) is 5.75 Å². The minimum Gasteiger partial charge on any atom is -0.491 e. The van der Waals surface area contributed by atoms with E-state index in [9.17, 15) is 5.11 Å². The minimum atomic E-state index is -0.462. The van der Waals surface area contributed by atoms with Gasteiger partial charge in [-0.15, -0.1) is 0 Å². The van der Waals surface area contributed by atoms with Crippen molar-refractivity contribution in [1.82, 2.24) is 15.1 Å². The lowest BCUT2D eigenvalue weighted by Gasteiger charge is -2.33. The van der Waals surface area contributed by atoms with Gasteiger partial charge in [0.05, 0.1) is 5.60 Å². The smallest absolute Gasteiger partial charge is 0.119 e. The van der Waals surface area contributed by atoms with Crippen molar-refractivity contribution >= 4 is 0 Å². The van der Waals surface area contributed by atoms with Gasteiger partial charge in [0.25, 0.3) is 0 Å². The first-order valence-electron chi connectivity index (χ1n) is 9.44. The predicted octanol–water partition coefficient (Wildman–Crippen LogP) is 1.19. The molecule has 1 heterocycles. The second-order valence-electron chi connectivity index (χ2n) is 7.78. The van der Waals surface area contributed by atoms with E-state index in [1.807, 2.05) is 12.1 Å². The van der Waals surface area contributed by atoms with E-state index < -0.39 is 6.10 Å². The molecular formula is C20H35N3O3. The van der Waals surface area contributed by atoms with Crippen molar-refractivity contribution in [2.75, 3.05) is 60.0 Å². The summed E-state index contributed by atoms with van der Waals surface area (Å²) in [4.78, 5) is 4.61. The van der Waals surface area contributed by atoms with Crippen LogP contribution in [0.15, 0.2) is 24.3 Å². The molecule has 0 bridgehead atoms. The predicted molar refractivity (Wildman–Crippen MR) is 105 cm³/mol. The number of ether oxygens (including phenoxy) is 2. The van der Waals surface area contributed by atoms with Gasteiger partial charge in [0.1, 0.15) is 18.5 Å². The Bertz CT molecular complexity index is 514. The van der Waals surface area contributed by atoms with Gasteiger partial charge < -0.3 is 24.8 Å². The molecular weight excluding hydrogens is 330 g/mol. The average Bonchev–Trinajstić information content (AvgIpc) is 2.63. The van der Waals surface area contributed by atoms with Crippen LogP contribution in [0.5, 0.6) is 5.75 Å². The Hall–Kier alpha value is -1.18. The summed E-state index contributed by atoms with van der Waals surface area (Å²) >= 11 is 0. The van der Waals surface area contributed by atoms with Gasteiger partial charge in [-0.1, -0.05) is 12.1 Å². The van der Waals surface area contributed by atoms with Crippen LogP contribution in [-0.2, 0) is 11.3 Å². The highest BCUT2D eigenvalue weighted by molar-refractivity contribution is 5.27. The molecule has 148 valence electrons. The number of β-amino-alcohol motifs (C(OH)–C–C–N with tert-alkyl or cyclic N) is 1. The fourth-order valence-corrected chi connectivity index (χ4v) is 2.86. The van der Waals surface area contributed by atoms with Gasteiger partial charge in [0.15, 0.2) is 0 Å². The molecule has 1 aromatic rings. The number of likely N-dealkylation sites (N-methyl/N-ethyl adjacent to an activating group) is 1. The van der Waals surface area contributed by atoms with E-state index in [1.165, 1.54) is 5.56 Å². The number of hydrogen-bond donors (Lipinski definition) is 2. The third kappa shape index (κ3) is 7.60. The lowest BCUT2D eigenvalue weighted by Crippen LogP contribution is -2.47. The second kappa shape index (κ2) is 10.2. The Morgan fingerprint density at radius 3 is 2.42 bits per heavy atom. The van der Waals surface area contributed by atoms with Crippen molar-refractivity contribution in [3.05, 3.63) is 29.8 Å². The number of piperazine rings is 1. The van der Waals surface area contributed by atoms with Crippen molar-refractivity contribution in [3.63, 3.8) is 0 Å². The van der Waals surface area contributed by atoms with E-state index in [0.29, 0.717) is 13.2 Å². The van der Waals surface area contributed by atoms with Crippen LogP contribution in [0.1, 0.15) is 19.4 Å². The molecule has 0 saturated carbocycles. The van der Waals surface area contributed by atoms with Crippen molar-refractivity contribution in [1.29, 1.82) is 0 Å². The Labute approximate surface area is 158 Å². The normalized spacial score (nSPS) is 18.0. The molecule has 0 radical (unpaired) electrons. The van der Waals surface area contributed by atoms with E-state index in [-0.39, 0.29) is 5.60 Å². The molecule has 6 heteroatoms. The molecule has 2 N–H and O–H groups in total. The summed E-state index contributed by atoms with van der Waals surface area (Å²) in [5.74, 6) is 0.795. The van der Waals surface area contributed by atoms with Crippen LogP contribution < -0.4 is 10.1 Å². The number of methoxy groups -OCH3 is 1. The molecule has 0 amide bonds. The van der Waals surface area contributed by atoms with Gasteiger partial charge >= 0.3 is 0 Å². The number of aliphatic hydroxyl groups excluding tert-OH is 1. The largest absolute Gasteiger partial charge is 0.491 e. The molecule has 1 fully saturated rings. The lowest BCUT2D eigenvalue weighted by atomic mass is 10.1. The highest BCUT2D eigenvalue weighted by Gasteiger charge is 2.17. The molecule has 0 spiro atoms. The Balaban J connectivity index is 1.66. The first-order chi connectivity index (χ1) is 12.4. The first-order valence-corrected chi connectivity index (χ1v) is 9.44. The minimum absolute atomic E-state index is 0.164. The molecule has 1 aromatic carbocycles. The van der Waals surface area contributed by atoms with E-state index in [1.54, 1.807) is 7.11 Å². The summed E-state index contributed by atoms with van der Waals surface area (Å²) in [5, 5.41) is 13.6. The quantitative estimate of drug-likeness (QED) is 0.650. The Kier molecular flexibility index (Phi) is 8.31. The monoisotopic (exact) mass is 365 g/mol. The average molecular weight is 366 g/mol. The summed E-state index contributed by atoms with van der Waals surface area (Å²) in [5.41, 5.74) is 1.03. The van der Waals surface area contributed by atoms with Crippen molar-refractivity contribution in [2.24, 2.45) is 0 Å². The van der Waals surface area contributed by atoms with Gasteiger partial charge in [-0.2, -0.15) is 0 Å². The first kappa shape index (κ1) is 21.1. The molecule has 1 aliphatic rings. The maximum Gasteiger partial charge on any atom is 0.119 e. The van der Waals surface area contributed by atoms with Crippen LogP contribution in [0.4, 0.5) is 0 Å². The zero-order chi connectivity index (χ0) is 19.0. The molecule has 2 rings (SSSR count). The number of hydrogen-bond acceptors (Lipinski definition) is 6. The van der Waals surface area contributed by atoms with Gasteiger partial charge in [0.2, 0.25) is 0 Å². The Morgan fingerprint density at radius 2 is 1.81 bits per heavy atom. The van der Waals surface area contributed by atoms with Crippen molar-refractivity contribution < 1.29 is 14.6 Å². The molecule has 1 saturated heterocycles. The molecule has 0 unspecified atom stereocenters. The number of aliphatic hydroxyl groups is 1. The fourth-order valence-electron chi connectivity index (χ4n) is 2.86. The zero-order valence-electron chi connectivity index (χ0n) is 16.7. The van der Waals surface area contributed by atoms with Crippen LogP contribution in [-0.4, -0.2) is 86.6 Å². The zero-order valence-corrected chi connectivity index (χ0v) is 16.7. The van der Waals surface area contributed by atoms with Crippen LogP contribution in [0.3, 0.4) is 0 Å². The molecule has 6 nitrogen and oxygen atoms in total. The number of benzene rings is 1. The summed E-state index contributed by atoms with van der Waals surface area (Å²) < 4.78 is 11.1. The van der Waals surface area contributed by atoms with Crippen molar-refractivity contribution in [2.45, 2.75) is 32.1 Å². The van der Waals surface area contributed by atoms with Crippen LogP contribution >= 0.6 is 0 Å². The van der Waals surface area contributed by atoms with E-state index in [0.717, 1.165) is 45.0 Å². The standard InChI is InChI=1S/C20H35N3O3/c1-20(2,25-4)16-21-13-17-5-7-19(8-6-17)26-15-18(24)14-23-11-9-22(3)10-12-23/h5-8,18,21,24H,9-16H2,1-4H3/t18-/m1/s1. The second-order valence-corrected chi connectivity index (χ2v) is 7.78. The number of rotatable bonds is 10. The SMILES string of the molecule is COC(C)(C)CNCc1ccc(OC[C@H](O)CN2CCN(C)CC2)cc1. The molecule has 1 atom stereocenters. The van der Waals surface area contributed by atoms with Gasteiger partial charge in [0, 0.05) is 52.9 Å². The van der Waals surface area contributed by atoms with Gasteiger partial charge in [-0.3, -0.25) is 4.90 Å². The van der Waals surface area contributed by atoms with Crippen LogP contribution in [0.2, 0.25) is 0 Å². The number of nitrogens with zero attached hydrogens (tertiary/aromatic N) is 2. The topological polar surface area (TPSA) is 57.2 Å². The van der Waals surface area contributed by atoms with Crippen LogP contribution in [0, 0.1) is 0 Å². The molecule has 0 aromatic heterocycles. The molecule has 0 aliphatic carbocycles. The highest BCUT2D eigenvalue weighted by Crippen LogP contribution is 2.13. The summed E-state index contributed by atoms with van der Waals surface area (Å²) in [6.45, 7) is 10.8. The fraction of sp³-hybridized carbons (Fsp3) is 0.700. The number of nitrogens with one attached hydrogen (secondary N) is 1. The van der Waals surface area contributed by atoms with E-state index in [2.05, 4.69) is 48.1 Å². The van der Waals surface area contributed by atoms with E-state index in [4.69, 9.17) is 9.47 Å². The highest BCUT2D eigenvalue weighted by atomic mass is 16.5. The molecule has 26 heavy (non-hydrogen) atoms. The maximum absolute atomic E-state index is 10.2. The van der Waals surface area contributed by atoms with E-state index >= 15 is 0 Å². The summed E-state index contributed by atoms with van der Waals surface area (Å²) in [6.07, 6.45) is -0.462. The lowest BCUT2D eigenvalue weighted by molar-refractivity contribution is 0.0230. The summed E-state index contributed by atoms with van der Waals surface area (Å²) in [7, 11) is 3.86. The van der Waals surface area contributed by atoms with Gasteiger partial charge in [-0.25, -0.2) is 0 Å². The Morgan fingerprint density at radius 1 is 1.15 bits per heavy atom. The molecule has 1 aliphatic heterocycles. The third-order valence-electron chi connectivity index (χ3n) is 4.86. The van der Waals surface area contributed by atoms with Crippen LogP contribution in [0.25, 0.3) is 0 Å². The van der Waals surface area contributed by atoms with Gasteiger partial charge in [-0.05, 0) is 38.6 Å². The third-order valence-corrected chi connectivity index (χ3v) is 4.86. The maximum atomic E-state index is 10.2.